The average molecular weight is 652 g/mol. The van der Waals surface area contributed by atoms with E-state index in [0.29, 0.717) is 51.3 Å². The summed E-state index contributed by atoms with van der Waals surface area (Å²) in [6, 6.07) is 28.7. The maximum Gasteiger partial charge on any atom is 0.255 e. The van der Waals surface area contributed by atoms with Gasteiger partial charge in [0.05, 0.1) is 12.7 Å². The van der Waals surface area contributed by atoms with Crippen molar-refractivity contribution < 1.29 is 14.3 Å². The van der Waals surface area contributed by atoms with Crippen molar-refractivity contribution >= 4 is 40.9 Å². The van der Waals surface area contributed by atoms with Gasteiger partial charge >= 0.3 is 0 Å². The molecule has 1 unspecified atom stereocenters. The molecule has 0 bridgehead atoms. The van der Waals surface area contributed by atoms with Gasteiger partial charge in [-0.1, -0.05) is 95.7 Å². The highest BCUT2D eigenvalue weighted by atomic mass is 35.5. The van der Waals surface area contributed by atoms with Gasteiger partial charge in [0.15, 0.2) is 11.5 Å². The van der Waals surface area contributed by atoms with Gasteiger partial charge in [-0.25, -0.2) is 4.68 Å². The van der Waals surface area contributed by atoms with E-state index in [1.54, 1.807) is 11.8 Å². The number of anilines is 2. The van der Waals surface area contributed by atoms with Crippen molar-refractivity contribution in [2.45, 2.75) is 44.3 Å². The van der Waals surface area contributed by atoms with E-state index in [1.807, 2.05) is 112 Å². The molecule has 0 radical (unpaired) electrons. The van der Waals surface area contributed by atoms with Crippen molar-refractivity contribution in [2.75, 3.05) is 17.7 Å². The molecule has 1 aromatic heterocycles. The molecule has 234 valence electrons. The van der Waals surface area contributed by atoms with Crippen LogP contribution in [0.4, 0.5) is 11.6 Å². The minimum Gasteiger partial charge on any atom is -0.493 e. The lowest BCUT2D eigenvalue weighted by molar-refractivity contribution is -0.113. The van der Waals surface area contributed by atoms with Crippen LogP contribution in [0.15, 0.2) is 107 Å². The highest BCUT2D eigenvalue weighted by Crippen LogP contribution is 2.40. The molecule has 1 amide bonds. The van der Waals surface area contributed by atoms with E-state index in [-0.39, 0.29) is 5.91 Å². The fourth-order valence-corrected chi connectivity index (χ4v) is 6.52. The van der Waals surface area contributed by atoms with Crippen LogP contribution < -0.4 is 20.1 Å². The fraction of sp³-hybridized carbons (Fsp3) is 0.194. The summed E-state index contributed by atoms with van der Waals surface area (Å²) in [7, 11) is 1.61. The number of nitrogens with one attached hydrogen (secondary N) is 2. The first-order chi connectivity index (χ1) is 22.3. The van der Waals surface area contributed by atoms with Crippen LogP contribution >= 0.6 is 23.4 Å². The number of thioether (sulfide) groups is 1. The van der Waals surface area contributed by atoms with Crippen molar-refractivity contribution in [3.8, 4) is 11.5 Å². The summed E-state index contributed by atoms with van der Waals surface area (Å²) in [5, 5.41) is 12.6. The number of hydrogen-bond acceptors (Lipinski definition) is 7. The fourth-order valence-electron chi connectivity index (χ4n) is 5.40. The van der Waals surface area contributed by atoms with Crippen LogP contribution in [0.2, 0.25) is 5.02 Å². The van der Waals surface area contributed by atoms with Crippen molar-refractivity contribution in [2.24, 2.45) is 0 Å². The molecule has 1 aliphatic heterocycles. The summed E-state index contributed by atoms with van der Waals surface area (Å²) in [5.74, 6) is 2.04. The van der Waals surface area contributed by atoms with Gasteiger partial charge < -0.3 is 20.1 Å². The summed E-state index contributed by atoms with van der Waals surface area (Å²) >= 11 is 7.89. The van der Waals surface area contributed by atoms with Gasteiger partial charge in [-0.2, -0.15) is 4.98 Å². The van der Waals surface area contributed by atoms with Gasteiger partial charge in [0.2, 0.25) is 11.1 Å². The summed E-state index contributed by atoms with van der Waals surface area (Å²) < 4.78 is 13.7. The topological polar surface area (TPSA) is 90.3 Å². The van der Waals surface area contributed by atoms with Crippen molar-refractivity contribution in [3.63, 3.8) is 0 Å². The monoisotopic (exact) mass is 651 g/mol. The van der Waals surface area contributed by atoms with Gasteiger partial charge in [0.1, 0.15) is 12.6 Å². The second-order valence-electron chi connectivity index (χ2n) is 11.1. The summed E-state index contributed by atoms with van der Waals surface area (Å²) in [4.78, 5) is 18.9. The van der Waals surface area contributed by atoms with Gasteiger partial charge in [-0.15, -0.1) is 5.10 Å². The Bertz CT molecular complexity index is 1920. The Morgan fingerprint density at radius 1 is 0.978 bits per heavy atom. The number of carbonyl (C=O) groups excluding carboxylic acids is 1. The Hall–Kier alpha value is -4.73. The number of amides is 1. The molecule has 46 heavy (non-hydrogen) atoms. The Kier molecular flexibility index (Phi) is 9.33. The summed E-state index contributed by atoms with van der Waals surface area (Å²) in [6.45, 7) is 6.29. The molecule has 2 heterocycles. The number of aromatic nitrogens is 3. The Morgan fingerprint density at radius 3 is 2.52 bits per heavy atom. The van der Waals surface area contributed by atoms with Gasteiger partial charge in [0, 0.05) is 22.2 Å². The van der Waals surface area contributed by atoms with Crippen LogP contribution in [0.5, 0.6) is 11.5 Å². The standard InChI is InChI=1S/C36H34ClN5O3S/c1-22-14-16-29(23(2)18-22)39-34(43)32-24(3)38-35-40-36(46-21-27-12-8-9-13-28(27)37)41-42(35)33(32)26-15-17-30(31(19-26)44-4)45-20-25-10-6-5-7-11-25/h5-19,33H,20-21H2,1-4H3,(H,39,43)(H,38,40,41). The number of nitrogens with zero attached hydrogens (tertiary/aromatic N) is 3. The molecule has 0 fully saturated rings. The predicted octanol–water partition coefficient (Wildman–Crippen LogP) is 8.36. The van der Waals surface area contributed by atoms with Crippen LogP contribution in [0.1, 0.15) is 40.8 Å². The zero-order chi connectivity index (χ0) is 32.2. The van der Waals surface area contributed by atoms with E-state index in [4.69, 9.17) is 31.2 Å². The van der Waals surface area contributed by atoms with Crippen LogP contribution in [0, 0.1) is 13.8 Å². The van der Waals surface area contributed by atoms with E-state index in [1.165, 1.54) is 11.8 Å². The van der Waals surface area contributed by atoms with Crippen molar-refractivity contribution in [1.29, 1.82) is 0 Å². The maximum atomic E-state index is 14.1. The smallest absolute Gasteiger partial charge is 0.255 e. The van der Waals surface area contributed by atoms with E-state index in [2.05, 4.69) is 10.6 Å². The summed E-state index contributed by atoms with van der Waals surface area (Å²) in [5.41, 5.74) is 6.88. The molecule has 8 nitrogen and oxygen atoms in total. The third kappa shape index (κ3) is 6.76. The first-order valence-corrected chi connectivity index (χ1v) is 16.2. The third-order valence-corrected chi connectivity index (χ3v) is 9.02. The van der Waals surface area contributed by atoms with Gasteiger partial charge in [0.25, 0.3) is 5.91 Å². The number of hydrogen-bond donors (Lipinski definition) is 2. The largest absolute Gasteiger partial charge is 0.493 e. The van der Waals surface area contributed by atoms with Crippen molar-refractivity contribution in [3.05, 3.63) is 135 Å². The molecule has 0 spiro atoms. The lowest BCUT2D eigenvalue weighted by atomic mass is 9.94. The molecule has 4 aromatic carbocycles. The number of benzene rings is 4. The normalized spacial score (nSPS) is 14.0. The van der Waals surface area contributed by atoms with Crippen LogP contribution in [0.25, 0.3) is 0 Å². The zero-order valence-electron chi connectivity index (χ0n) is 26.0. The number of aryl methyl sites for hydroxylation is 2. The van der Waals surface area contributed by atoms with Crippen LogP contribution in [-0.2, 0) is 17.2 Å². The number of carbonyl (C=O) groups is 1. The molecule has 1 aliphatic rings. The molecular formula is C36H34ClN5O3S. The minimum absolute atomic E-state index is 0.239. The number of fused-ring (bicyclic) bond motifs is 1. The van der Waals surface area contributed by atoms with Gasteiger partial charge in [-0.3, -0.25) is 4.79 Å². The van der Waals surface area contributed by atoms with E-state index in [0.717, 1.165) is 33.5 Å². The Labute approximate surface area is 277 Å². The van der Waals surface area contributed by atoms with E-state index >= 15 is 0 Å². The Morgan fingerprint density at radius 2 is 1.76 bits per heavy atom. The number of allylic oxidation sites excluding steroid dienone is 1. The first kappa shape index (κ1) is 31.3. The first-order valence-electron chi connectivity index (χ1n) is 14.8. The molecule has 10 heteroatoms. The highest BCUT2D eigenvalue weighted by Gasteiger charge is 2.35. The number of methoxy groups -OCH3 is 1. The molecule has 2 N–H and O–H groups in total. The van der Waals surface area contributed by atoms with Crippen LogP contribution in [0.3, 0.4) is 0 Å². The number of ether oxygens (including phenoxy) is 2. The SMILES string of the molecule is COc1cc(C2C(C(=O)Nc3ccc(C)cc3C)=C(C)Nc3nc(SCc4ccccc4Cl)nn32)ccc1OCc1ccccc1. The molecule has 1 atom stereocenters. The lowest BCUT2D eigenvalue weighted by Crippen LogP contribution is -2.31. The number of rotatable bonds is 10. The summed E-state index contributed by atoms with van der Waals surface area (Å²) in [6.07, 6.45) is 0. The molecule has 0 saturated carbocycles. The molecule has 0 aliphatic carbocycles. The van der Waals surface area contributed by atoms with Gasteiger partial charge in [-0.05, 0) is 67.3 Å². The second-order valence-corrected chi connectivity index (χ2v) is 12.4. The quantitative estimate of drug-likeness (QED) is 0.147. The highest BCUT2D eigenvalue weighted by molar-refractivity contribution is 7.98. The minimum atomic E-state index is -0.596. The third-order valence-electron chi connectivity index (χ3n) is 7.76. The molecule has 6 rings (SSSR count). The van der Waals surface area contributed by atoms with E-state index < -0.39 is 6.04 Å². The van der Waals surface area contributed by atoms with E-state index in [9.17, 15) is 4.79 Å². The zero-order valence-corrected chi connectivity index (χ0v) is 27.6. The average Bonchev–Trinajstić information content (AvgIpc) is 3.46. The molecular weight excluding hydrogens is 618 g/mol. The maximum absolute atomic E-state index is 14.1. The predicted molar refractivity (Wildman–Crippen MR) is 184 cm³/mol. The van der Waals surface area contributed by atoms with Crippen LogP contribution in [-0.4, -0.2) is 27.8 Å². The Balaban J connectivity index is 1.36. The molecule has 5 aromatic rings. The number of halogens is 1. The van der Waals surface area contributed by atoms with Crippen molar-refractivity contribution in [1.82, 2.24) is 14.8 Å². The lowest BCUT2D eigenvalue weighted by Gasteiger charge is -2.29. The molecule has 0 saturated heterocycles. The second kappa shape index (κ2) is 13.7.